The standard InChI is InChI=1S/C21H25N3OS/c1-13(2)20(21-22-16-7-5-6-8-17(16)23-21)24-19(25)12-26-18-11-14(3)9-10-15(18)4/h5-11,13,20H,12H2,1-4H3,(H,22,23)(H,24,25)/t20-/m0/s1. The minimum absolute atomic E-state index is 0.0232. The molecule has 26 heavy (non-hydrogen) atoms. The maximum atomic E-state index is 12.5. The molecule has 0 aliphatic heterocycles. The normalized spacial score (nSPS) is 12.5. The third kappa shape index (κ3) is 4.28. The van der Waals surface area contributed by atoms with Gasteiger partial charge in [0.15, 0.2) is 0 Å². The Morgan fingerprint density at radius 2 is 1.96 bits per heavy atom. The van der Waals surface area contributed by atoms with E-state index in [9.17, 15) is 4.79 Å². The monoisotopic (exact) mass is 367 g/mol. The molecule has 0 unspecified atom stereocenters. The Kier molecular flexibility index (Phi) is 5.67. The lowest BCUT2D eigenvalue weighted by molar-refractivity contribution is -0.119. The maximum Gasteiger partial charge on any atom is 0.230 e. The Balaban J connectivity index is 1.69. The van der Waals surface area contributed by atoms with Crippen molar-refractivity contribution in [2.45, 2.75) is 38.6 Å². The summed E-state index contributed by atoms with van der Waals surface area (Å²) in [4.78, 5) is 21.7. The molecule has 0 radical (unpaired) electrons. The van der Waals surface area contributed by atoms with Crippen molar-refractivity contribution < 1.29 is 4.79 Å². The van der Waals surface area contributed by atoms with Crippen LogP contribution in [-0.2, 0) is 4.79 Å². The van der Waals surface area contributed by atoms with Crippen LogP contribution < -0.4 is 5.32 Å². The van der Waals surface area contributed by atoms with Crippen LogP contribution in [0.1, 0.15) is 36.8 Å². The zero-order valence-electron chi connectivity index (χ0n) is 15.7. The van der Waals surface area contributed by atoms with E-state index in [0.29, 0.717) is 5.75 Å². The van der Waals surface area contributed by atoms with Crippen molar-refractivity contribution in [2.24, 2.45) is 5.92 Å². The van der Waals surface area contributed by atoms with Crippen LogP contribution in [0.3, 0.4) is 0 Å². The van der Waals surface area contributed by atoms with Crippen molar-refractivity contribution in [1.82, 2.24) is 15.3 Å². The van der Waals surface area contributed by atoms with Gasteiger partial charge in [0.25, 0.3) is 0 Å². The van der Waals surface area contributed by atoms with Crippen LogP contribution in [0.5, 0.6) is 0 Å². The Morgan fingerprint density at radius 3 is 2.69 bits per heavy atom. The minimum atomic E-state index is -0.130. The van der Waals surface area contributed by atoms with Crippen LogP contribution in [0.25, 0.3) is 11.0 Å². The first kappa shape index (κ1) is 18.5. The van der Waals surface area contributed by atoms with Gasteiger partial charge in [-0.15, -0.1) is 11.8 Å². The van der Waals surface area contributed by atoms with Crippen molar-refractivity contribution in [2.75, 3.05) is 5.75 Å². The fraction of sp³-hybridized carbons (Fsp3) is 0.333. The van der Waals surface area contributed by atoms with E-state index in [1.807, 2.05) is 24.3 Å². The minimum Gasteiger partial charge on any atom is -0.345 e. The van der Waals surface area contributed by atoms with Crippen molar-refractivity contribution in [3.05, 3.63) is 59.4 Å². The summed E-state index contributed by atoms with van der Waals surface area (Å²) in [5.41, 5.74) is 4.33. The lowest BCUT2D eigenvalue weighted by atomic mass is 10.0. The lowest BCUT2D eigenvalue weighted by Crippen LogP contribution is -2.33. The first-order valence-corrected chi connectivity index (χ1v) is 9.86. The molecule has 2 N–H and O–H groups in total. The molecule has 0 fully saturated rings. The van der Waals surface area contributed by atoms with Gasteiger partial charge in [0.1, 0.15) is 5.82 Å². The fourth-order valence-corrected chi connectivity index (χ4v) is 3.83. The van der Waals surface area contributed by atoms with Gasteiger partial charge in [-0.3, -0.25) is 4.79 Å². The molecule has 0 aliphatic rings. The van der Waals surface area contributed by atoms with Gasteiger partial charge in [-0.25, -0.2) is 4.98 Å². The number of amides is 1. The number of carbonyl (C=O) groups excluding carboxylic acids is 1. The highest BCUT2D eigenvalue weighted by Crippen LogP contribution is 2.25. The molecule has 0 saturated heterocycles. The van der Waals surface area contributed by atoms with E-state index in [1.54, 1.807) is 11.8 Å². The van der Waals surface area contributed by atoms with Crippen molar-refractivity contribution in [3.8, 4) is 0 Å². The number of thioether (sulfide) groups is 1. The number of hydrogen-bond donors (Lipinski definition) is 2. The summed E-state index contributed by atoms with van der Waals surface area (Å²) >= 11 is 1.58. The molecule has 2 aromatic carbocycles. The summed E-state index contributed by atoms with van der Waals surface area (Å²) in [7, 11) is 0. The molecule has 0 spiro atoms. The van der Waals surface area contributed by atoms with E-state index in [2.05, 4.69) is 61.2 Å². The number of hydrogen-bond acceptors (Lipinski definition) is 3. The number of aromatic amines is 1. The van der Waals surface area contributed by atoms with Gasteiger partial charge in [-0.1, -0.05) is 43.7 Å². The molecule has 1 heterocycles. The van der Waals surface area contributed by atoms with Crippen molar-refractivity contribution >= 4 is 28.7 Å². The number of H-pyrrole nitrogens is 1. The molecular formula is C21H25N3OS. The lowest BCUT2D eigenvalue weighted by Gasteiger charge is -2.20. The molecule has 136 valence electrons. The van der Waals surface area contributed by atoms with Crippen LogP contribution >= 0.6 is 11.8 Å². The molecule has 1 atom stereocenters. The molecule has 1 aromatic heterocycles. The average Bonchev–Trinajstić information content (AvgIpc) is 3.03. The summed E-state index contributed by atoms with van der Waals surface area (Å²) < 4.78 is 0. The summed E-state index contributed by atoms with van der Waals surface area (Å²) in [6.07, 6.45) is 0. The van der Waals surface area contributed by atoms with E-state index in [1.165, 1.54) is 11.1 Å². The Bertz CT molecular complexity index is 884. The zero-order valence-corrected chi connectivity index (χ0v) is 16.5. The number of carbonyl (C=O) groups is 1. The number of nitrogens with zero attached hydrogens (tertiary/aromatic N) is 1. The molecule has 3 rings (SSSR count). The number of aryl methyl sites for hydroxylation is 2. The topological polar surface area (TPSA) is 57.8 Å². The van der Waals surface area contributed by atoms with Gasteiger partial charge >= 0.3 is 0 Å². The van der Waals surface area contributed by atoms with Crippen LogP contribution in [0.2, 0.25) is 0 Å². The molecule has 0 saturated carbocycles. The van der Waals surface area contributed by atoms with E-state index in [4.69, 9.17) is 0 Å². The molecular weight excluding hydrogens is 342 g/mol. The predicted octanol–water partition coefficient (Wildman–Crippen LogP) is 4.79. The van der Waals surface area contributed by atoms with Gasteiger partial charge in [0.2, 0.25) is 5.91 Å². The number of rotatable bonds is 6. The van der Waals surface area contributed by atoms with Crippen LogP contribution in [-0.4, -0.2) is 21.6 Å². The van der Waals surface area contributed by atoms with Gasteiger partial charge < -0.3 is 10.3 Å². The average molecular weight is 368 g/mol. The van der Waals surface area contributed by atoms with Crippen LogP contribution in [0, 0.1) is 19.8 Å². The number of para-hydroxylation sites is 2. The van der Waals surface area contributed by atoms with Crippen molar-refractivity contribution in [1.29, 1.82) is 0 Å². The number of fused-ring (bicyclic) bond motifs is 1. The summed E-state index contributed by atoms with van der Waals surface area (Å²) in [6.45, 7) is 8.33. The number of imidazole rings is 1. The van der Waals surface area contributed by atoms with Gasteiger partial charge in [-0.2, -0.15) is 0 Å². The van der Waals surface area contributed by atoms with E-state index < -0.39 is 0 Å². The van der Waals surface area contributed by atoms with E-state index >= 15 is 0 Å². The number of aromatic nitrogens is 2. The first-order valence-electron chi connectivity index (χ1n) is 8.88. The third-order valence-electron chi connectivity index (χ3n) is 4.39. The first-order chi connectivity index (χ1) is 12.4. The summed E-state index contributed by atoms with van der Waals surface area (Å²) in [6, 6.07) is 14.1. The molecule has 0 aliphatic carbocycles. The highest BCUT2D eigenvalue weighted by atomic mass is 32.2. The Labute approximate surface area is 158 Å². The summed E-state index contributed by atoms with van der Waals surface area (Å²) in [5.74, 6) is 1.47. The maximum absolute atomic E-state index is 12.5. The largest absolute Gasteiger partial charge is 0.345 e. The molecule has 3 aromatic rings. The fourth-order valence-electron chi connectivity index (χ4n) is 2.89. The van der Waals surface area contributed by atoms with Gasteiger partial charge in [-0.05, 0) is 43.5 Å². The van der Waals surface area contributed by atoms with Gasteiger partial charge in [0.05, 0.1) is 22.8 Å². The quantitative estimate of drug-likeness (QED) is 0.616. The molecule has 1 amide bonds. The van der Waals surface area contributed by atoms with Crippen LogP contribution in [0.4, 0.5) is 0 Å². The Hall–Kier alpha value is -2.27. The predicted molar refractivity (Wildman–Crippen MR) is 108 cm³/mol. The highest BCUT2D eigenvalue weighted by Gasteiger charge is 2.21. The number of benzene rings is 2. The molecule has 5 heteroatoms. The van der Waals surface area contributed by atoms with Crippen LogP contribution in [0.15, 0.2) is 47.4 Å². The second-order valence-electron chi connectivity index (χ2n) is 6.99. The van der Waals surface area contributed by atoms with Crippen molar-refractivity contribution in [3.63, 3.8) is 0 Å². The Morgan fingerprint density at radius 1 is 1.19 bits per heavy atom. The molecule has 0 bridgehead atoms. The zero-order chi connectivity index (χ0) is 18.7. The second-order valence-corrected chi connectivity index (χ2v) is 8.00. The number of nitrogens with one attached hydrogen (secondary N) is 2. The van der Waals surface area contributed by atoms with Gasteiger partial charge in [0, 0.05) is 4.90 Å². The highest BCUT2D eigenvalue weighted by molar-refractivity contribution is 8.00. The smallest absolute Gasteiger partial charge is 0.230 e. The van der Waals surface area contributed by atoms with E-state index in [0.717, 1.165) is 21.8 Å². The SMILES string of the molecule is Cc1ccc(C)c(SCC(=O)N[C@H](c2nc3ccccc3[nH]2)C(C)C)c1. The summed E-state index contributed by atoms with van der Waals surface area (Å²) in [5, 5.41) is 3.14. The second kappa shape index (κ2) is 7.96. The third-order valence-corrected chi connectivity index (χ3v) is 5.55. The van der Waals surface area contributed by atoms with E-state index in [-0.39, 0.29) is 17.9 Å². The molecule has 4 nitrogen and oxygen atoms in total.